The van der Waals surface area contributed by atoms with Gasteiger partial charge in [0, 0.05) is 28.9 Å². The number of carbonyl (C=O) groups is 2. The Morgan fingerprint density at radius 1 is 1.13 bits per heavy atom. The number of likely N-dealkylation sites (N-methyl/N-ethyl adjacent to an activating group) is 1. The molecule has 0 bridgehead atoms. The molecule has 0 saturated heterocycles. The molecule has 0 radical (unpaired) electrons. The Bertz CT molecular complexity index is 876. The van der Waals surface area contributed by atoms with E-state index in [4.69, 9.17) is 23.2 Å². The van der Waals surface area contributed by atoms with E-state index in [2.05, 4.69) is 5.32 Å². The Kier molecular flexibility index (Phi) is 10.0. The van der Waals surface area contributed by atoms with Crippen molar-refractivity contribution in [1.29, 1.82) is 0 Å². The molecule has 0 aliphatic carbocycles. The first-order chi connectivity index (χ1) is 14.3. The second-order valence-corrected chi connectivity index (χ2v) is 8.89. The normalized spacial score (nSPS) is 11.8. The van der Waals surface area contributed by atoms with Crippen molar-refractivity contribution >= 4 is 46.8 Å². The number of aryl methyl sites for hydroxylation is 1. The van der Waals surface area contributed by atoms with E-state index in [-0.39, 0.29) is 17.6 Å². The summed E-state index contributed by atoms with van der Waals surface area (Å²) in [5.74, 6) is 0.676. The van der Waals surface area contributed by atoms with E-state index in [9.17, 15) is 9.59 Å². The van der Waals surface area contributed by atoms with Gasteiger partial charge in [0.2, 0.25) is 11.8 Å². The molecule has 0 aromatic heterocycles. The van der Waals surface area contributed by atoms with Gasteiger partial charge in [0.1, 0.15) is 6.04 Å². The molecule has 2 amide bonds. The zero-order valence-electron chi connectivity index (χ0n) is 17.6. The molecule has 2 rings (SSSR count). The van der Waals surface area contributed by atoms with Crippen LogP contribution in [0.5, 0.6) is 0 Å². The fourth-order valence-corrected chi connectivity index (χ4v) is 4.66. The summed E-state index contributed by atoms with van der Waals surface area (Å²) in [5, 5.41) is 4.03. The first-order valence-electron chi connectivity index (χ1n) is 10.00. The first kappa shape index (κ1) is 24.6. The van der Waals surface area contributed by atoms with E-state index in [0.29, 0.717) is 35.3 Å². The van der Waals surface area contributed by atoms with E-state index in [1.165, 1.54) is 11.8 Å². The molecule has 1 N–H and O–H groups in total. The van der Waals surface area contributed by atoms with Crippen LogP contribution >= 0.6 is 35.0 Å². The third-order valence-corrected chi connectivity index (χ3v) is 6.22. The van der Waals surface area contributed by atoms with Crippen LogP contribution < -0.4 is 5.32 Å². The summed E-state index contributed by atoms with van der Waals surface area (Å²) in [6.07, 6.45) is 0.553. The summed E-state index contributed by atoms with van der Waals surface area (Å²) in [6, 6.07) is 12.9. The van der Waals surface area contributed by atoms with Gasteiger partial charge in [-0.05, 0) is 43.5 Å². The Morgan fingerprint density at radius 2 is 1.90 bits per heavy atom. The van der Waals surface area contributed by atoms with Gasteiger partial charge in [0.05, 0.1) is 5.75 Å². The highest BCUT2D eigenvalue weighted by atomic mass is 35.5. The van der Waals surface area contributed by atoms with Crippen molar-refractivity contribution in [2.75, 3.05) is 12.3 Å². The van der Waals surface area contributed by atoms with Crippen LogP contribution in [0.4, 0.5) is 0 Å². The van der Waals surface area contributed by atoms with Crippen molar-refractivity contribution in [1.82, 2.24) is 10.2 Å². The van der Waals surface area contributed by atoms with Gasteiger partial charge in [0.25, 0.3) is 0 Å². The zero-order chi connectivity index (χ0) is 22.1. The molecule has 0 aliphatic heterocycles. The molecule has 4 nitrogen and oxygen atoms in total. The van der Waals surface area contributed by atoms with Crippen LogP contribution in [0.25, 0.3) is 0 Å². The SMILES string of the molecule is CCNC(=O)C(CC)N(Cc1cccc(C)c1)C(=O)CSCc1ccc(Cl)cc1Cl. The minimum atomic E-state index is -0.502. The van der Waals surface area contributed by atoms with Crippen LogP contribution in [0, 0.1) is 6.92 Å². The van der Waals surface area contributed by atoms with Crippen LogP contribution in [-0.2, 0) is 21.9 Å². The molecule has 0 aliphatic rings. The first-order valence-corrected chi connectivity index (χ1v) is 11.9. The number of rotatable bonds is 10. The monoisotopic (exact) mass is 466 g/mol. The fraction of sp³-hybridized carbons (Fsp3) is 0.391. The average molecular weight is 467 g/mol. The highest BCUT2D eigenvalue weighted by Gasteiger charge is 2.28. The lowest BCUT2D eigenvalue weighted by Gasteiger charge is -2.30. The number of nitrogens with zero attached hydrogens (tertiary/aromatic N) is 1. The summed E-state index contributed by atoms with van der Waals surface area (Å²) in [6.45, 7) is 6.76. The van der Waals surface area contributed by atoms with Crippen LogP contribution in [0.3, 0.4) is 0 Å². The van der Waals surface area contributed by atoms with Crippen molar-refractivity contribution in [3.63, 3.8) is 0 Å². The topological polar surface area (TPSA) is 49.4 Å². The van der Waals surface area contributed by atoms with Crippen molar-refractivity contribution in [2.45, 2.75) is 45.5 Å². The number of benzene rings is 2. The maximum Gasteiger partial charge on any atom is 0.242 e. The van der Waals surface area contributed by atoms with Gasteiger partial charge in [-0.1, -0.05) is 66.0 Å². The van der Waals surface area contributed by atoms with Crippen molar-refractivity contribution in [3.8, 4) is 0 Å². The second kappa shape index (κ2) is 12.2. The molecule has 1 atom stereocenters. The summed E-state index contributed by atoms with van der Waals surface area (Å²) in [5.41, 5.74) is 3.06. The minimum Gasteiger partial charge on any atom is -0.355 e. The third-order valence-electron chi connectivity index (χ3n) is 4.67. The average Bonchev–Trinajstić information content (AvgIpc) is 2.69. The Morgan fingerprint density at radius 3 is 2.53 bits per heavy atom. The molecule has 162 valence electrons. The molecule has 7 heteroatoms. The lowest BCUT2D eigenvalue weighted by molar-refractivity contribution is -0.139. The fourth-order valence-electron chi connectivity index (χ4n) is 3.19. The molecule has 2 aromatic carbocycles. The number of hydrogen-bond acceptors (Lipinski definition) is 3. The predicted molar refractivity (Wildman–Crippen MR) is 127 cm³/mol. The number of amides is 2. The van der Waals surface area contributed by atoms with Crippen LogP contribution in [0.2, 0.25) is 10.0 Å². The van der Waals surface area contributed by atoms with Gasteiger partial charge >= 0.3 is 0 Å². The molecule has 1 unspecified atom stereocenters. The van der Waals surface area contributed by atoms with E-state index >= 15 is 0 Å². The third kappa shape index (κ3) is 7.22. The maximum absolute atomic E-state index is 13.1. The summed E-state index contributed by atoms with van der Waals surface area (Å²) in [7, 11) is 0. The van der Waals surface area contributed by atoms with Gasteiger partial charge in [-0.25, -0.2) is 0 Å². The molecule has 0 heterocycles. The van der Waals surface area contributed by atoms with Gasteiger partial charge in [-0.15, -0.1) is 11.8 Å². The number of thioether (sulfide) groups is 1. The number of nitrogens with one attached hydrogen (secondary N) is 1. The van der Waals surface area contributed by atoms with Crippen molar-refractivity contribution in [2.24, 2.45) is 0 Å². The van der Waals surface area contributed by atoms with Crippen LogP contribution in [-0.4, -0.2) is 35.1 Å². The smallest absolute Gasteiger partial charge is 0.242 e. The Labute approximate surface area is 193 Å². The highest BCUT2D eigenvalue weighted by molar-refractivity contribution is 7.99. The van der Waals surface area contributed by atoms with Gasteiger partial charge in [0.15, 0.2) is 0 Å². The Balaban J connectivity index is 2.12. The standard InChI is InChI=1S/C23H28Cl2N2O2S/c1-4-21(23(29)26-5-2)27(13-17-8-6-7-16(3)11-17)22(28)15-30-14-18-9-10-19(24)12-20(18)25/h6-12,21H,4-5,13-15H2,1-3H3,(H,26,29). The van der Waals surface area contributed by atoms with Crippen LogP contribution in [0.15, 0.2) is 42.5 Å². The van der Waals surface area contributed by atoms with Gasteiger partial charge < -0.3 is 10.2 Å². The zero-order valence-corrected chi connectivity index (χ0v) is 19.9. The number of carbonyl (C=O) groups excluding carboxylic acids is 2. The largest absolute Gasteiger partial charge is 0.355 e. The van der Waals surface area contributed by atoms with E-state index in [1.54, 1.807) is 17.0 Å². The lowest BCUT2D eigenvalue weighted by atomic mass is 10.1. The van der Waals surface area contributed by atoms with Gasteiger partial charge in [-0.2, -0.15) is 0 Å². The summed E-state index contributed by atoms with van der Waals surface area (Å²) < 4.78 is 0. The molecule has 0 fully saturated rings. The molecule has 0 saturated carbocycles. The summed E-state index contributed by atoms with van der Waals surface area (Å²) >= 11 is 13.7. The molecule has 2 aromatic rings. The number of hydrogen-bond donors (Lipinski definition) is 1. The van der Waals surface area contributed by atoms with Gasteiger partial charge in [-0.3, -0.25) is 9.59 Å². The predicted octanol–water partition coefficient (Wildman–Crippen LogP) is 5.48. The molecule has 0 spiro atoms. The highest BCUT2D eigenvalue weighted by Crippen LogP contribution is 2.25. The van der Waals surface area contributed by atoms with Crippen molar-refractivity contribution in [3.05, 3.63) is 69.2 Å². The lowest BCUT2D eigenvalue weighted by Crippen LogP contribution is -2.49. The molecular formula is C23H28Cl2N2O2S. The molecular weight excluding hydrogens is 439 g/mol. The van der Waals surface area contributed by atoms with Crippen molar-refractivity contribution < 1.29 is 9.59 Å². The van der Waals surface area contributed by atoms with Crippen LogP contribution in [0.1, 0.15) is 37.0 Å². The maximum atomic E-state index is 13.1. The Hall–Kier alpha value is -1.69. The van der Waals surface area contributed by atoms with E-state index in [1.807, 2.05) is 51.1 Å². The summed E-state index contributed by atoms with van der Waals surface area (Å²) in [4.78, 5) is 27.4. The van der Waals surface area contributed by atoms with E-state index in [0.717, 1.165) is 16.7 Å². The minimum absolute atomic E-state index is 0.0651. The van der Waals surface area contributed by atoms with E-state index < -0.39 is 6.04 Å². The number of halogens is 2. The quantitative estimate of drug-likeness (QED) is 0.504. The molecule has 30 heavy (non-hydrogen) atoms. The second-order valence-electron chi connectivity index (χ2n) is 7.06.